The maximum atomic E-state index is 12.3. The van der Waals surface area contributed by atoms with Gasteiger partial charge in [-0.2, -0.15) is 5.10 Å². The van der Waals surface area contributed by atoms with Crippen molar-refractivity contribution in [3.8, 4) is 5.69 Å². The number of amides is 1. The lowest BCUT2D eigenvalue weighted by molar-refractivity contribution is 0.0207. The average Bonchev–Trinajstić information content (AvgIpc) is 2.91. The molecule has 122 valence electrons. The predicted molar refractivity (Wildman–Crippen MR) is 88.6 cm³/mol. The van der Waals surface area contributed by atoms with E-state index in [9.17, 15) is 4.79 Å². The van der Waals surface area contributed by atoms with E-state index >= 15 is 0 Å². The Morgan fingerprint density at radius 2 is 1.96 bits per heavy atom. The molecule has 5 heteroatoms. The lowest BCUT2D eigenvalue weighted by Crippen LogP contribution is -2.41. The van der Waals surface area contributed by atoms with Crippen molar-refractivity contribution in [1.29, 1.82) is 0 Å². The van der Waals surface area contributed by atoms with Gasteiger partial charge in [0.1, 0.15) is 5.60 Å². The highest BCUT2D eigenvalue weighted by Gasteiger charge is 2.31. The number of para-hydroxylation sites is 1. The number of benzene rings is 1. The Morgan fingerprint density at radius 1 is 1.26 bits per heavy atom. The van der Waals surface area contributed by atoms with Crippen LogP contribution in [0.2, 0.25) is 0 Å². The average molecular weight is 313 g/mol. The van der Waals surface area contributed by atoms with Crippen molar-refractivity contribution in [3.05, 3.63) is 47.8 Å². The van der Waals surface area contributed by atoms with Crippen molar-refractivity contribution >= 4 is 6.09 Å². The minimum atomic E-state index is -0.477. The molecule has 1 amide bonds. The van der Waals surface area contributed by atoms with Crippen LogP contribution in [0.1, 0.15) is 44.9 Å². The Hall–Kier alpha value is -2.30. The Morgan fingerprint density at radius 3 is 2.61 bits per heavy atom. The molecule has 5 nitrogen and oxygen atoms in total. The summed E-state index contributed by atoms with van der Waals surface area (Å²) in [6, 6.07) is 10.1. The van der Waals surface area contributed by atoms with Gasteiger partial charge in [0.25, 0.3) is 0 Å². The molecule has 1 aromatic carbocycles. The molecule has 1 aliphatic rings. The highest BCUT2D eigenvalue weighted by molar-refractivity contribution is 5.68. The van der Waals surface area contributed by atoms with Crippen LogP contribution in [0.4, 0.5) is 4.79 Å². The van der Waals surface area contributed by atoms with Crippen LogP contribution in [0, 0.1) is 0 Å². The second-order valence-electron chi connectivity index (χ2n) is 7.06. The highest BCUT2D eigenvalue weighted by Crippen LogP contribution is 2.30. The standard InChI is InChI=1S/C18H23N3O2/c1-13-11-20(17(22)23-18(2,3)4)12-14-10-19-21(16(13)14)15-8-6-5-7-9-15/h5-10,13H,11-12H2,1-4H3. The summed E-state index contributed by atoms with van der Waals surface area (Å²) in [4.78, 5) is 14.1. The van der Waals surface area contributed by atoms with Crippen LogP contribution in [-0.2, 0) is 11.3 Å². The van der Waals surface area contributed by atoms with Gasteiger partial charge in [-0.1, -0.05) is 25.1 Å². The first kappa shape index (κ1) is 15.6. The Bertz CT molecular complexity index is 701. The zero-order chi connectivity index (χ0) is 16.6. The summed E-state index contributed by atoms with van der Waals surface area (Å²) in [5, 5.41) is 4.52. The number of hydrogen-bond donors (Lipinski definition) is 0. The number of carbonyl (C=O) groups is 1. The topological polar surface area (TPSA) is 47.4 Å². The maximum Gasteiger partial charge on any atom is 0.410 e. The molecule has 0 radical (unpaired) electrons. The van der Waals surface area contributed by atoms with Gasteiger partial charge in [0.15, 0.2) is 0 Å². The van der Waals surface area contributed by atoms with Gasteiger partial charge in [-0.15, -0.1) is 0 Å². The molecule has 1 aromatic heterocycles. The van der Waals surface area contributed by atoms with Gasteiger partial charge < -0.3 is 9.64 Å². The second-order valence-corrected chi connectivity index (χ2v) is 7.06. The molecule has 0 saturated heterocycles. The summed E-state index contributed by atoms with van der Waals surface area (Å²) in [5.74, 6) is 0.203. The lowest BCUT2D eigenvalue weighted by Gasteiger charge is -2.33. The summed E-state index contributed by atoms with van der Waals surface area (Å²) < 4.78 is 7.47. The smallest absolute Gasteiger partial charge is 0.410 e. The first-order valence-corrected chi connectivity index (χ1v) is 7.95. The van der Waals surface area contributed by atoms with Gasteiger partial charge in [-0.25, -0.2) is 9.48 Å². The molecule has 1 atom stereocenters. The molecule has 0 bridgehead atoms. The monoisotopic (exact) mass is 313 g/mol. The molecule has 1 aliphatic heterocycles. The van der Waals surface area contributed by atoms with Gasteiger partial charge >= 0.3 is 6.09 Å². The lowest BCUT2D eigenvalue weighted by atomic mass is 9.98. The summed E-state index contributed by atoms with van der Waals surface area (Å²) >= 11 is 0. The summed E-state index contributed by atoms with van der Waals surface area (Å²) in [7, 11) is 0. The number of aromatic nitrogens is 2. The fraction of sp³-hybridized carbons (Fsp3) is 0.444. The first-order valence-electron chi connectivity index (χ1n) is 7.95. The molecule has 2 aromatic rings. The molecular weight excluding hydrogens is 290 g/mol. The fourth-order valence-electron chi connectivity index (χ4n) is 2.97. The fourth-order valence-corrected chi connectivity index (χ4v) is 2.97. The van der Waals surface area contributed by atoms with Crippen LogP contribution in [0.25, 0.3) is 5.69 Å². The zero-order valence-corrected chi connectivity index (χ0v) is 14.1. The number of rotatable bonds is 1. The first-order chi connectivity index (χ1) is 10.8. The van der Waals surface area contributed by atoms with Crippen LogP contribution >= 0.6 is 0 Å². The van der Waals surface area contributed by atoms with Crippen molar-refractivity contribution < 1.29 is 9.53 Å². The molecule has 0 N–H and O–H groups in total. The third-order valence-corrected chi connectivity index (χ3v) is 3.86. The van der Waals surface area contributed by atoms with Gasteiger partial charge in [0.2, 0.25) is 0 Å². The molecule has 1 unspecified atom stereocenters. The minimum absolute atomic E-state index is 0.203. The van der Waals surface area contributed by atoms with E-state index in [-0.39, 0.29) is 12.0 Å². The van der Waals surface area contributed by atoms with E-state index in [0.717, 1.165) is 11.3 Å². The molecule has 3 rings (SSSR count). The van der Waals surface area contributed by atoms with Gasteiger partial charge in [0, 0.05) is 18.0 Å². The zero-order valence-electron chi connectivity index (χ0n) is 14.1. The van der Waals surface area contributed by atoms with Crippen LogP contribution in [0.15, 0.2) is 36.5 Å². The summed E-state index contributed by atoms with van der Waals surface area (Å²) in [5.41, 5.74) is 2.83. The van der Waals surface area contributed by atoms with E-state index in [0.29, 0.717) is 13.1 Å². The van der Waals surface area contributed by atoms with Crippen LogP contribution in [-0.4, -0.2) is 32.9 Å². The van der Waals surface area contributed by atoms with E-state index in [2.05, 4.69) is 12.0 Å². The van der Waals surface area contributed by atoms with Crippen molar-refractivity contribution in [3.63, 3.8) is 0 Å². The van der Waals surface area contributed by atoms with Gasteiger partial charge in [-0.05, 0) is 32.9 Å². The highest BCUT2D eigenvalue weighted by atomic mass is 16.6. The minimum Gasteiger partial charge on any atom is -0.444 e. The van der Waals surface area contributed by atoms with Crippen molar-refractivity contribution in [2.75, 3.05) is 6.54 Å². The molecule has 23 heavy (non-hydrogen) atoms. The van der Waals surface area contributed by atoms with Gasteiger partial charge in [-0.3, -0.25) is 0 Å². The van der Waals surface area contributed by atoms with Crippen LogP contribution in [0.5, 0.6) is 0 Å². The van der Waals surface area contributed by atoms with Crippen LogP contribution < -0.4 is 0 Å². The number of ether oxygens (including phenoxy) is 1. The van der Waals surface area contributed by atoms with Crippen molar-refractivity contribution in [2.24, 2.45) is 0 Å². The summed E-state index contributed by atoms with van der Waals surface area (Å²) in [6.45, 7) is 8.96. The maximum absolute atomic E-state index is 12.3. The summed E-state index contributed by atoms with van der Waals surface area (Å²) in [6.07, 6.45) is 1.59. The SMILES string of the molecule is CC1CN(C(=O)OC(C)(C)C)Cc2cnn(-c3ccccc3)c21. The Balaban J connectivity index is 1.86. The van der Waals surface area contributed by atoms with Gasteiger partial charge in [0.05, 0.1) is 24.1 Å². The predicted octanol–water partition coefficient (Wildman–Crippen LogP) is 3.73. The molecule has 0 fully saturated rings. The van der Waals surface area contributed by atoms with E-state index in [1.54, 1.807) is 4.90 Å². The molecule has 2 heterocycles. The van der Waals surface area contributed by atoms with Crippen molar-refractivity contribution in [1.82, 2.24) is 14.7 Å². The molecular formula is C18H23N3O2. The second kappa shape index (κ2) is 5.72. The van der Waals surface area contributed by atoms with E-state index < -0.39 is 5.60 Å². The third kappa shape index (κ3) is 3.23. The number of nitrogens with zero attached hydrogens (tertiary/aromatic N) is 3. The van der Waals surface area contributed by atoms with E-state index in [1.165, 1.54) is 5.69 Å². The largest absolute Gasteiger partial charge is 0.444 e. The number of carbonyl (C=O) groups excluding carboxylic acids is 1. The van der Waals surface area contributed by atoms with Crippen LogP contribution in [0.3, 0.4) is 0 Å². The van der Waals surface area contributed by atoms with Crippen molar-refractivity contribution in [2.45, 2.75) is 45.8 Å². The number of hydrogen-bond acceptors (Lipinski definition) is 3. The number of fused-ring (bicyclic) bond motifs is 1. The van der Waals surface area contributed by atoms with E-state index in [4.69, 9.17) is 4.74 Å². The quantitative estimate of drug-likeness (QED) is 0.806. The Labute approximate surface area is 136 Å². The third-order valence-electron chi connectivity index (χ3n) is 3.86. The Kier molecular flexibility index (Phi) is 3.88. The molecule has 0 spiro atoms. The molecule has 0 saturated carbocycles. The normalized spacial score (nSPS) is 17.7. The molecule has 0 aliphatic carbocycles. The van der Waals surface area contributed by atoms with E-state index in [1.807, 2.05) is 62.0 Å².